The lowest BCUT2D eigenvalue weighted by Gasteiger charge is -2.33. The van der Waals surface area contributed by atoms with E-state index in [4.69, 9.17) is 9.26 Å². The molecule has 2 aliphatic rings. The molecule has 1 saturated heterocycles. The molecule has 2 aromatic rings. The van der Waals surface area contributed by atoms with Crippen molar-refractivity contribution >= 4 is 11.3 Å². The van der Waals surface area contributed by atoms with E-state index in [1.54, 1.807) is 11.3 Å². The van der Waals surface area contributed by atoms with Crippen LogP contribution in [0, 0.1) is 6.92 Å². The van der Waals surface area contributed by atoms with Crippen molar-refractivity contribution in [3.8, 4) is 0 Å². The van der Waals surface area contributed by atoms with Crippen LogP contribution in [0.25, 0.3) is 0 Å². The van der Waals surface area contributed by atoms with Crippen molar-refractivity contribution in [2.75, 3.05) is 19.8 Å². The molecular formula is C14H18N4O2S. The van der Waals surface area contributed by atoms with Gasteiger partial charge in [0.2, 0.25) is 5.89 Å². The number of hydrogen-bond acceptors (Lipinski definition) is 7. The maximum atomic E-state index is 5.63. The van der Waals surface area contributed by atoms with Gasteiger partial charge in [0, 0.05) is 23.5 Å². The summed E-state index contributed by atoms with van der Waals surface area (Å²) < 4.78 is 11.0. The molecular weight excluding hydrogens is 288 g/mol. The van der Waals surface area contributed by atoms with Crippen LogP contribution >= 0.6 is 11.3 Å². The second-order valence-corrected chi connectivity index (χ2v) is 6.60. The van der Waals surface area contributed by atoms with Crippen LogP contribution in [0.4, 0.5) is 0 Å². The molecule has 21 heavy (non-hydrogen) atoms. The lowest BCUT2D eigenvalue weighted by molar-refractivity contribution is -0.0141. The summed E-state index contributed by atoms with van der Waals surface area (Å²) >= 11 is 1.69. The van der Waals surface area contributed by atoms with Gasteiger partial charge in [-0.25, -0.2) is 4.98 Å². The summed E-state index contributed by atoms with van der Waals surface area (Å²) in [7, 11) is 0. The standard InChI is InChI=1S/C14H18N4O2S/c1-9-8-21-14(15-9)11-7-19-5-4-18(11)6-12-16-13(20-17-12)10-2-3-10/h8,10-11H,2-7H2,1H3/t11-/m0/s1. The van der Waals surface area contributed by atoms with Gasteiger partial charge in [-0.3, -0.25) is 4.90 Å². The molecule has 3 heterocycles. The maximum Gasteiger partial charge on any atom is 0.229 e. The van der Waals surface area contributed by atoms with Crippen molar-refractivity contribution in [1.82, 2.24) is 20.0 Å². The first kappa shape index (κ1) is 13.4. The van der Waals surface area contributed by atoms with E-state index in [-0.39, 0.29) is 6.04 Å². The van der Waals surface area contributed by atoms with E-state index in [2.05, 4.69) is 25.4 Å². The minimum atomic E-state index is 0.195. The Morgan fingerprint density at radius 2 is 2.29 bits per heavy atom. The summed E-state index contributed by atoms with van der Waals surface area (Å²) in [5.74, 6) is 2.09. The molecule has 0 unspecified atom stereocenters. The van der Waals surface area contributed by atoms with Gasteiger partial charge < -0.3 is 9.26 Å². The Labute approximate surface area is 127 Å². The molecule has 1 atom stereocenters. The highest BCUT2D eigenvalue weighted by molar-refractivity contribution is 7.09. The zero-order valence-corrected chi connectivity index (χ0v) is 12.8. The fourth-order valence-electron chi connectivity index (χ4n) is 2.59. The van der Waals surface area contributed by atoms with Gasteiger partial charge in [-0.15, -0.1) is 11.3 Å². The highest BCUT2D eigenvalue weighted by Crippen LogP contribution is 2.39. The summed E-state index contributed by atoms with van der Waals surface area (Å²) in [5, 5.41) is 7.31. The predicted molar refractivity (Wildman–Crippen MR) is 77.1 cm³/mol. The van der Waals surface area contributed by atoms with E-state index in [0.29, 0.717) is 19.1 Å². The number of morpholine rings is 1. The molecule has 6 nitrogen and oxygen atoms in total. The van der Waals surface area contributed by atoms with E-state index in [9.17, 15) is 0 Å². The monoisotopic (exact) mass is 306 g/mol. The topological polar surface area (TPSA) is 64.3 Å². The van der Waals surface area contributed by atoms with Crippen LogP contribution in [-0.2, 0) is 11.3 Å². The molecule has 7 heteroatoms. The second-order valence-electron chi connectivity index (χ2n) is 5.71. The smallest absolute Gasteiger partial charge is 0.229 e. The number of thiazole rings is 1. The van der Waals surface area contributed by atoms with Crippen molar-refractivity contribution in [3.63, 3.8) is 0 Å². The van der Waals surface area contributed by atoms with E-state index >= 15 is 0 Å². The van der Waals surface area contributed by atoms with Crippen molar-refractivity contribution in [3.05, 3.63) is 27.8 Å². The maximum absolute atomic E-state index is 5.63. The molecule has 0 N–H and O–H groups in total. The van der Waals surface area contributed by atoms with Gasteiger partial charge >= 0.3 is 0 Å². The predicted octanol–water partition coefficient (Wildman–Crippen LogP) is 2.29. The van der Waals surface area contributed by atoms with E-state index in [1.807, 2.05) is 6.92 Å². The van der Waals surface area contributed by atoms with Gasteiger partial charge in [-0.05, 0) is 19.8 Å². The van der Waals surface area contributed by atoms with Gasteiger partial charge in [0.15, 0.2) is 5.82 Å². The molecule has 0 spiro atoms. The minimum Gasteiger partial charge on any atom is -0.378 e. The summed E-state index contributed by atoms with van der Waals surface area (Å²) in [6.45, 7) is 5.02. The van der Waals surface area contributed by atoms with Crippen molar-refractivity contribution in [1.29, 1.82) is 0 Å². The summed E-state index contributed by atoms with van der Waals surface area (Å²) in [5.41, 5.74) is 1.07. The number of rotatable bonds is 4. The average Bonchev–Trinajstić information content (AvgIpc) is 3.09. The quantitative estimate of drug-likeness (QED) is 0.863. The zero-order valence-electron chi connectivity index (χ0n) is 12.0. The first-order chi connectivity index (χ1) is 10.3. The number of aromatic nitrogens is 3. The summed E-state index contributed by atoms with van der Waals surface area (Å²) in [6, 6.07) is 0.195. The lowest BCUT2D eigenvalue weighted by Crippen LogP contribution is -2.39. The van der Waals surface area contributed by atoms with Gasteiger partial charge in [0.25, 0.3) is 0 Å². The molecule has 0 radical (unpaired) electrons. The summed E-state index contributed by atoms with van der Waals surface area (Å²) in [4.78, 5) is 11.5. The van der Waals surface area contributed by atoms with Gasteiger partial charge in [0.1, 0.15) is 5.01 Å². The number of nitrogens with zero attached hydrogens (tertiary/aromatic N) is 4. The minimum absolute atomic E-state index is 0.195. The third-order valence-electron chi connectivity index (χ3n) is 3.92. The Kier molecular flexibility index (Phi) is 3.48. The van der Waals surface area contributed by atoms with Crippen LogP contribution in [0.15, 0.2) is 9.90 Å². The Bertz CT molecular complexity index is 622. The zero-order chi connectivity index (χ0) is 14.2. The number of ether oxygens (including phenoxy) is 1. The van der Waals surface area contributed by atoms with Crippen LogP contribution in [0.1, 0.15) is 47.2 Å². The van der Waals surface area contributed by atoms with Crippen LogP contribution in [0.5, 0.6) is 0 Å². The van der Waals surface area contributed by atoms with Crippen LogP contribution in [0.2, 0.25) is 0 Å². The van der Waals surface area contributed by atoms with E-state index in [1.165, 1.54) is 12.8 Å². The molecule has 0 amide bonds. The molecule has 0 aromatic carbocycles. The van der Waals surface area contributed by atoms with Crippen molar-refractivity contribution < 1.29 is 9.26 Å². The SMILES string of the molecule is Cc1csc([C@@H]2COCCN2Cc2noc(C3CC3)n2)n1. The molecule has 1 aliphatic carbocycles. The molecule has 2 fully saturated rings. The molecule has 4 rings (SSSR count). The number of hydrogen-bond donors (Lipinski definition) is 0. The second kappa shape index (κ2) is 5.47. The Morgan fingerprint density at radius 3 is 3.05 bits per heavy atom. The molecule has 1 saturated carbocycles. The fraction of sp³-hybridized carbons (Fsp3) is 0.643. The first-order valence-corrected chi connectivity index (χ1v) is 8.24. The molecule has 112 valence electrons. The largest absolute Gasteiger partial charge is 0.378 e. The first-order valence-electron chi connectivity index (χ1n) is 7.36. The lowest BCUT2D eigenvalue weighted by atomic mass is 10.2. The Balaban J connectivity index is 1.50. The van der Waals surface area contributed by atoms with E-state index < -0.39 is 0 Å². The van der Waals surface area contributed by atoms with E-state index in [0.717, 1.165) is 35.6 Å². The number of aryl methyl sites for hydroxylation is 1. The van der Waals surface area contributed by atoms with Gasteiger partial charge in [-0.2, -0.15) is 4.98 Å². The normalized spacial score (nSPS) is 23.6. The summed E-state index contributed by atoms with van der Waals surface area (Å²) in [6.07, 6.45) is 2.36. The Morgan fingerprint density at radius 1 is 1.38 bits per heavy atom. The molecule has 2 aromatic heterocycles. The highest BCUT2D eigenvalue weighted by Gasteiger charge is 2.31. The third-order valence-corrected chi connectivity index (χ3v) is 4.98. The molecule has 1 aliphatic heterocycles. The Hall–Kier alpha value is -1.31. The van der Waals surface area contributed by atoms with Gasteiger partial charge in [0.05, 0.1) is 25.8 Å². The van der Waals surface area contributed by atoms with Gasteiger partial charge in [-0.1, -0.05) is 5.16 Å². The third kappa shape index (κ3) is 2.86. The van der Waals surface area contributed by atoms with Crippen LogP contribution in [0.3, 0.4) is 0 Å². The molecule has 0 bridgehead atoms. The van der Waals surface area contributed by atoms with Crippen molar-refractivity contribution in [2.24, 2.45) is 0 Å². The fourth-order valence-corrected chi connectivity index (χ4v) is 3.50. The van der Waals surface area contributed by atoms with Crippen molar-refractivity contribution in [2.45, 2.75) is 38.3 Å². The van der Waals surface area contributed by atoms with Crippen LogP contribution < -0.4 is 0 Å². The van der Waals surface area contributed by atoms with Crippen LogP contribution in [-0.4, -0.2) is 39.8 Å². The average molecular weight is 306 g/mol. The highest BCUT2D eigenvalue weighted by atomic mass is 32.1.